The van der Waals surface area contributed by atoms with Gasteiger partial charge >= 0.3 is 5.97 Å². The number of esters is 1. The predicted octanol–water partition coefficient (Wildman–Crippen LogP) is 3.43. The van der Waals surface area contributed by atoms with Gasteiger partial charge in [0, 0.05) is 18.1 Å². The van der Waals surface area contributed by atoms with Gasteiger partial charge in [-0.1, -0.05) is 18.2 Å². The molecule has 0 aliphatic heterocycles. The monoisotopic (exact) mass is 270 g/mol. The second-order valence-corrected chi connectivity index (χ2v) is 4.42. The van der Waals surface area contributed by atoms with Crippen LogP contribution < -0.4 is 5.32 Å². The van der Waals surface area contributed by atoms with Gasteiger partial charge in [0.1, 0.15) is 0 Å². The maximum Gasteiger partial charge on any atom is 0.340 e. The molecule has 0 spiro atoms. The van der Waals surface area contributed by atoms with Gasteiger partial charge in [-0.25, -0.2) is 4.79 Å². The lowest BCUT2D eigenvalue weighted by Crippen LogP contribution is -2.12. The zero-order chi connectivity index (χ0) is 14.4. The number of anilines is 1. The van der Waals surface area contributed by atoms with E-state index in [2.05, 4.69) is 10.3 Å². The Balaban J connectivity index is 2.19. The average Bonchev–Trinajstić information content (AvgIpc) is 2.49. The van der Waals surface area contributed by atoms with Crippen LogP contribution in [-0.4, -0.2) is 17.6 Å². The lowest BCUT2D eigenvalue weighted by molar-refractivity contribution is 0.0527. The third kappa shape index (κ3) is 3.35. The number of para-hydroxylation sites is 1. The Kier molecular flexibility index (Phi) is 4.71. The lowest BCUT2D eigenvalue weighted by Gasteiger charge is -2.17. The van der Waals surface area contributed by atoms with Crippen LogP contribution in [0.1, 0.15) is 35.8 Å². The highest BCUT2D eigenvalue weighted by Gasteiger charge is 2.14. The first-order valence-electron chi connectivity index (χ1n) is 6.65. The van der Waals surface area contributed by atoms with Gasteiger partial charge < -0.3 is 10.1 Å². The number of carbonyl (C=O) groups is 1. The van der Waals surface area contributed by atoms with E-state index in [1.807, 2.05) is 43.5 Å². The highest BCUT2D eigenvalue weighted by Crippen LogP contribution is 2.22. The van der Waals surface area contributed by atoms with Crippen LogP contribution in [-0.2, 0) is 4.74 Å². The molecule has 0 fully saturated rings. The molecule has 2 aromatic rings. The Hall–Kier alpha value is -2.36. The number of pyridine rings is 1. The number of nitrogens with zero attached hydrogens (tertiary/aromatic N) is 1. The van der Waals surface area contributed by atoms with Gasteiger partial charge in [0.25, 0.3) is 0 Å². The van der Waals surface area contributed by atoms with Crippen molar-refractivity contribution in [1.82, 2.24) is 4.98 Å². The van der Waals surface area contributed by atoms with Crippen LogP contribution in [0.3, 0.4) is 0 Å². The fourth-order valence-electron chi connectivity index (χ4n) is 1.94. The smallest absolute Gasteiger partial charge is 0.340 e. The third-order valence-corrected chi connectivity index (χ3v) is 2.98. The number of hydrogen-bond donors (Lipinski definition) is 1. The number of rotatable bonds is 5. The molecule has 104 valence electrons. The SMILES string of the molecule is CCOC(=O)c1ccccc1NC(C)c1cccnc1. The molecule has 4 heteroatoms. The van der Waals surface area contributed by atoms with E-state index in [0.29, 0.717) is 12.2 Å². The summed E-state index contributed by atoms with van der Waals surface area (Å²) in [6.07, 6.45) is 3.55. The molecule has 4 nitrogen and oxygen atoms in total. The molecule has 0 saturated heterocycles. The van der Waals surface area contributed by atoms with Crippen molar-refractivity contribution in [3.8, 4) is 0 Å². The summed E-state index contributed by atoms with van der Waals surface area (Å²) in [6, 6.07) is 11.3. The fourth-order valence-corrected chi connectivity index (χ4v) is 1.94. The van der Waals surface area contributed by atoms with Crippen LogP contribution in [0.4, 0.5) is 5.69 Å². The molecule has 0 radical (unpaired) electrons. The molecule has 0 saturated carbocycles. The fraction of sp³-hybridized carbons (Fsp3) is 0.250. The molecular formula is C16H18N2O2. The van der Waals surface area contributed by atoms with Crippen molar-refractivity contribution in [3.63, 3.8) is 0 Å². The molecule has 2 rings (SSSR count). The number of benzene rings is 1. The second-order valence-electron chi connectivity index (χ2n) is 4.42. The maximum absolute atomic E-state index is 11.9. The molecule has 1 aromatic carbocycles. The van der Waals surface area contributed by atoms with Crippen molar-refractivity contribution in [2.24, 2.45) is 0 Å². The van der Waals surface area contributed by atoms with Crippen molar-refractivity contribution >= 4 is 11.7 Å². The summed E-state index contributed by atoms with van der Waals surface area (Å²) >= 11 is 0. The van der Waals surface area contributed by atoms with Crippen LogP contribution in [0.25, 0.3) is 0 Å². The van der Waals surface area contributed by atoms with Crippen molar-refractivity contribution in [2.75, 3.05) is 11.9 Å². The summed E-state index contributed by atoms with van der Waals surface area (Å²) in [5.41, 5.74) is 2.37. The minimum atomic E-state index is -0.311. The lowest BCUT2D eigenvalue weighted by atomic mass is 10.1. The Morgan fingerprint density at radius 2 is 2.10 bits per heavy atom. The highest BCUT2D eigenvalue weighted by atomic mass is 16.5. The quantitative estimate of drug-likeness (QED) is 0.846. The van der Waals surface area contributed by atoms with Gasteiger partial charge in [0.2, 0.25) is 0 Å². The van der Waals surface area contributed by atoms with Crippen LogP contribution in [0.5, 0.6) is 0 Å². The Morgan fingerprint density at radius 3 is 2.80 bits per heavy atom. The number of ether oxygens (including phenoxy) is 1. The van der Waals surface area contributed by atoms with Crippen molar-refractivity contribution in [1.29, 1.82) is 0 Å². The molecule has 0 amide bonds. The van der Waals surface area contributed by atoms with Gasteiger partial charge in [0.15, 0.2) is 0 Å². The summed E-state index contributed by atoms with van der Waals surface area (Å²) in [7, 11) is 0. The summed E-state index contributed by atoms with van der Waals surface area (Å²) in [5, 5.41) is 3.33. The van der Waals surface area contributed by atoms with Crippen LogP contribution >= 0.6 is 0 Å². The molecule has 0 aliphatic rings. The second kappa shape index (κ2) is 6.70. The molecular weight excluding hydrogens is 252 g/mol. The predicted molar refractivity (Wildman–Crippen MR) is 78.7 cm³/mol. The molecule has 1 atom stereocenters. The average molecular weight is 270 g/mol. The van der Waals surface area contributed by atoms with Crippen molar-refractivity contribution < 1.29 is 9.53 Å². The van der Waals surface area contributed by atoms with E-state index in [1.54, 1.807) is 19.2 Å². The molecule has 1 heterocycles. The summed E-state index contributed by atoms with van der Waals surface area (Å²) in [6.45, 7) is 4.19. The summed E-state index contributed by atoms with van der Waals surface area (Å²) in [5.74, 6) is -0.311. The van der Waals surface area contributed by atoms with Gasteiger partial charge in [-0.2, -0.15) is 0 Å². The molecule has 1 unspecified atom stereocenters. The van der Waals surface area contributed by atoms with Gasteiger partial charge in [-0.15, -0.1) is 0 Å². The van der Waals surface area contributed by atoms with Crippen LogP contribution in [0.15, 0.2) is 48.8 Å². The van der Waals surface area contributed by atoms with E-state index in [9.17, 15) is 4.79 Å². The largest absolute Gasteiger partial charge is 0.462 e. The molecule has 1 N–H and O–H groups in total. The van der Waals surface area contributed by atoms with E-state index in [-0.39, 0.29) is 12.0 Å². The molecule has 20 heavy (non-hydrogen) atoms. The Labute approximate surface area is 118 Å². The Bertz CT molecular complexity index is 570. The number of carbonyl (C=O) groups excluding carboxylic acids is 1. The van der Waals surface area contributed by atoms with Gasteiger partial charge in [-0.3, -0.25) is 4.98 Å². The summed E-state index contributed by atoms with van der Waals surface area (Å²) in [4.78, 5) is 16.0. The zero-order valence-corrected chi connectivity index (χ0v) is 11.7. The first-order valence-corrected chi connectivity index (χ1v) is 6.65. The minimum Gasteiger partial charge on any atom is -0.462 e. The van der Waals surface area contributed by atoms with E-state index < -0.39 is 0 Å². The van der Waals surface area contributed by atoms with Crippen LogP contribution in [0, 0.1) is 0 Å². The summed E-state index contributed by atoms with van der Waals surface area (Å²) < 4.78 is 5.06. The number of nitrogens with one attached hydrogen (secondary N) is 1. The molecule has 0 bridgehead atoms. The van der Waals surface area contributed by atoms with Gasteiger partial charge in [-0.05, 0) is 37.6 Å². The molecule has 1 aromatic heterocycles. The maximum atomic E-state index is 11.9. The standard InChI is InChI=1S/C16H18N2O2/c1-3-20-16(19)14-8-4-5-9-15(14)18-12(2)13-7-6-10-17-11-13/h4-12,18H,3H2,1-2H3. The highest BCUT2D eigenvalue weighted by molar-refractivity contribution is 5.95. The van der Waals surface area contributed by atoms with E-state index in [0.717, 1.165) is 11.3 Å². The van der Waals surface area contributed by atoms with E-state index >= 15 is 0 Å². The number of aromatic nitrogens is 1. The topological polar surface area (TPSA) is 51.2 Å². The molecule has 0 aliphatic carbocycles. The van der Waals surface area contributed by atoms with Crippen molar-refractivity contribution in [3.05, 3.63) is 59.9 Å². The Morgan fingerprint density at radius 1 is 1.30 bits per heavy atom. The number of hydrogen-bond acceptors (Lipinski definition) is 4. The van der Waals surface area contributed by atoms with E-state index in [1.165, 1.54) is 0 Å². The normalized spacial score (nSPS) is 11.7. The van der Waals surface area contributed by atoms with Crippen LogP contribution in [0.2, 0.25) is 0 Å². The van der Waals surface area contributed by atoms with E-state index in [4.69, 9.17) is 4.74 Å². The van der Waals surface area contributed by atoms with Crippen molar-refractivity contribution in [2.45, 2.75) is 19.9 Å². The third-order valence-electron chi connectivity index (χ3n) is 2.98. The minimum absolute atomic E-state index is 0.0549. The zero-order valence-electron chi connectivity index (χ0n) is 11.7. The first kappa shape index (κ1) is 14.1. The van der Waals surface area contributed by atoms with Gasteiger partial charge in [0.05, 0.1) is 18.2 Å². The first-order chi connectivity index (χ1) is 9.72.